The van der Waals surface area contributed by atoms with Crippen LogP contribution < -0.4 is 14.4 Å². The summed E-state index contributed by atoms with van der Waals surface area (Å²) in [6, 6.07) is 19.1. The number of ether oxygens (including phenoxy) is 2. The highest BCUT2D eigenvalue weighted by Crippen LogP contribution is 2.45. The molecule has 1 fully saturated rings. The van der Waals surface area contributed by atoms with Crippen LogP contribution in [0.5, 0.6) is 11.5 Å². The Kier molecular flexibility index (Phi) is 10.3. The van der Waals surface area contributed by atoms with Gasteiger partial charge >= 0.3 is 0 Å². The molecule has 2 aliphatic heterocycles. The summed E-state index contributed by atoms with van der Waals surface area (Å²) in [6.07, 6.45) is 2.82. The maximum atomic E-state index is 14.3. The molecule has 7 nitrogen and oxygen atoms in total. The fraction of sp³-hybridized carbons (Fsp3) is 0.457. The predicted octanol–water partition coefficient (Wildman–Crippen LogP) is 5.69. The largest absolute Gasteiger partial charge is 0.493 e. The number of aldehydes is 1. The molecule has 2 aliphatic rings. The van der Waals surface area contributed by atoms with Crippen molar-refractivity contribution in [1.82, 2.24) is 14.7 Å². The van der Waals surface area contributed by atoms with Crippen molar-refractivity contribution in [2.45, 2.75) is 44.9 Å². The third-order valence-electron chi connectivity index (χ3n) is 9.10. The summed E-state index contributed by atoms with van der Waals surface area (Å²) in [4.78, 5) is 22.3. The minimum Gasteiger partial charge on any atom is -0.493 e. The van der Waals surface area contributed by atoms with Crippen molar-refractivity contribution in [2.75, 3.05) is 65.4 Å². The molecule has 0 amide bonds. The number of piperazine rings is 1. The first-order valence-electron chi connectivity index (χ1n) is 15.4. The van der Waals surface area contributed by atoms with Crippen LogP contribution in [0.25, 0.3) is 0 Å². The molecular weight excluding hydrogens is 543 g/mol. The number of rotatable bonds is 13. The molecule has 0 radical (unpaired) electrons. The van der Waals surface area contributed by atoms with Crippen molar-refractivity contribution in [3.63, 3.8) is 0 Å². The fourth-order valence-electron chi connectivity index (χ4n) is 6.69. The number of carbonyl (C=O) groups is 1. The Morgan fingerprint density at radius 1 is 1.00 bits per heavy atom. The van der Waals surface area contributed by atoms with Gasteiger partial charge in [-0.3, -0.25) is 4.90 Å². The zero-order valence-electron chi connectivity index (χ0n) is 26.0. The van der Waals surface area contributed by atoms with Crippen LogP contribution in [-0.2, 0) is 17.9 Å². The minimum absolute atomic E-state index is 0.0194. The molecule has 0 aliphatic carbocycles. The molecule has 0 aromatic heterocycles. The van der Waals surface area contributed by atoms with Crippen LogP contribution in [0.1, 0.15) is 54.1 Å². The number of carbonyl (C=O) groups excluding carboxylic acids is 1. The van der Waals surface area contributed by atoms with Gasteiger partial charge in [0.25, 0.3) is 0 Å². The first-order valence-corrected chi connectivity index (χ1v) is 15.4. The normalized spacial score (nSPS) is 18.1. The van der Waals surface area contributed by atoms with Gasteiger partial charge in [0.15, 0.2) is 11.5 Å². The van der Waals surface area contributed by atoms with Gasteiger partial charge in [-0.25, -0.2) is 4.39 Å². The van der Waals surface area contributed by atoms with E-state index in [0.717, 1.165) is 69.5 Å². The van der Waals surface area contributed by atoms with Crippen LogP contribution in [0.3, 0.4) is 0 Å². The van der Waals surface area contributed by atoms with E-state index in [-0.39, 0.29) is 17.9 Å². The van der Waals surface area contributed by atoms with Crippen molar-refractivity contribution >= 4 is 12.0 Å². The zero-order chi connectivity index (χ0) is 30.3. The second-order valence-electron chi connectivity index (χ2n) is 11.6. The molecule has 0 spiro atoms. The SMILES string of the molecule is CCN1CCN(c2cccc3c2CN([C@H](CCCN(C)Cc2ccccc2F)c2ccc(OC)c(OC)c2)C3C=O)CC1. The number of anilines is 1. The second-order valence-corrected chi connectivity index (χ2v) is 11.6. The standard InChI is InChI=1S/C35H45FN4O3/c1-5-38-18-20-39(21-19-38)32-13-8-11-28-29(32)24-40(33(28)25-41)31(26-15-16-34(42-3)35(22-26)43-4)14-9-17-37(2)23-27-10-6-7-12-30(27)36/h6-8,10-13,15-16,22,25,31,33H,5,9,14,17-21,23-24H2,1-4H3/t31-,33?/m1/s1. The first-order chi connectivity index (χ1) is 21.0. The van der Waals surface area contributed by atoms with Gasteiger partial charge in [-0.2, -0.15) is 0 Å². The van der Waals surface area contributed by atoms with Gasteiger partial charge in [-0.15, -0.1) is 0 Å². The van der Waals surface area contributed by atoms with E-state index in [1.807, 2.05) is 31.3 Å². The monoisotopic (exact) mass is 588 g/mol. The lowest BCUT2D eigenvalue weighted by Crippen LogP contribution is -2.46. The van der Waals surface area contributed by atoms with Crippen molar-refractivity contribution in [3.8, 4) is 11.5 Å². The van der Waals surface area contributed by atoms with E-state index in [4.69, 9.17) is 9.47 Å². The van der Waals surface area contributed by atoms with E-state index in [1.54, 1.807) is 20.3 Å². The van der Waals surface area contributed by atoms with Gasteiger partial charge in [0.05, 0.1) is 20.3 Å². The highest BCUT2D eigenvalue weighted by molar-refractivity contribution is 5.70. The van der Waals surface area contributed by atoms with Crippen molar-refractivity contribution < 1.29 is 18.7 Å². The lowest BCUT2D eigenvalue weighted by molar-refractivity contribution is -0.113. The number of hydrogen-bond donors (Lipinski definition) is 0. The lowest BCUT2D eigenvalue weighted by Gasteiger charge is -2.36. The highest BCUT2D eigenvalue weighted by Gasteiger charge is 2.38. The maximum absolute atomic E-state index is 14.3. The maximum Gasteiger partial charge on any atom is 0.161 e. The molecule has 0 saturated carbocycles. The molecule has 3 aromatic rings. The summed E-state index contributed by atoms with van der Waals surface area (Å²) in [5, 5.41) is 0. The molecule has 5 rings (SSSR count). The average Bonchev–Trinajstić information content (AvgIpc) is 3.42. The van der Waals surface area contributed by atoms with Gasteiger partial charge in [-0.1, -0.05) is 43.3 Å². The van der Waals surface area contributed by atoms with Crippen LogP contribution in [0.2, 0.25) is 0 Å². The molecule has 2 heterocycles. The molecule has 2 atom stereocenters. The Bertz CT molecular complexity index is 1380. The van der Waals surface area contributed by atoms with E-state index in [2.05, 4.69) is 50.8 Å². The van der Waals surface area contributed by atoms with Crippen LogP contribution in [0, 0.1) is 5.82 Å². The van der Waals surface area contributed by atoms with Gasteiger partial charge in [-0.05, 0) is 73.9 Å². The van der Waals surface area contributed by atoms with Crippen molar-refractivity contribution in [2.24, 2.45) is 0 Å². The topological polar surface area (TPSA) is 48.5 Å². The summed E-state index contributed by atoms with van der Waals surface area (Å²) in [7, 11) is 5.32. The zero-order valence-corrected chi connectivity index (χ0v) is 26.0. The number of halogens is 1. The second kappa shape index (κ2) is 14.3. The first kappa shape index (κ1) is 31.0. The molecule has 0 N–H and O–H groups in total. The Labute approximate surface area is 255 Å². The Hall–Kier alpha value is -3.46. The summed E-state index contributed by atoms with van der Waals surface area (Å²) < 4.78 is 25.5. The lowest BCUT2D eigenvalue weighted by atomic mass is 9.98. The van der Waals surface area contributed by atoms with Crippen molar-refractivity contribution in [3.05, 3.63) is 88.7 Å². The fourth-order valence-corrected chi connectivity index (χ4v) is 6.69. The number of nitrogens with zero attached hydrogens (tertiary/aromatic N) is 4. The quantitative estimate of drug-likeness (QED) is 0.238. The van der Waals surface area contributed by atoms with Crippen LogP contribution in [0.4, 0.5) is 10.1 Å². The van der Waals surface area contributed by atoms with Gasteiger partial charge in [0.1, 0.15) is 12.1 Å². The highest BCUT2D eigenvalue weighted by atomic mass is 19.1. The van der Waals surface area contributed by atoms with Gasteiger partial charge in [0.2, 0.25) is 0 Å². The molecule has 3 aromatic carbocycles. The molecule has 230 valence electrons. The number of fused-ring (bicyclic) bond motifs is 1. The van der Waals surface area contributed by atoms with E-state index in [9.17, 15) is 9.18 Å². The van der Waals surface area contributed by atoms with Crippen LogP contribution in [-0.4, -0.2) is 81.5 Å². The van der Waals surface area contributed by atoms with Gasteiger partial charge < -0.3 is 29.0 Å². The van der Waals surface area contributed by atoms with E-state index in [0.29, 0.717) is 30.2 Å². The predicted molar refractivity (Wildman–Crippen MR) is 169 cm³/mol. The third-order valence-corrected chi connectivity index (χ3v) is 9.10. The number of likely N-dealkylation sites (N-methyl/N-ethyl adjacent to an activating group) is 1. The summed E-state index contributed by atoms with van der Waals surface area (Å²) >= 11 is 0. The molecule has 43 heavy (non-hydrogen) atoms. The minimum atomic E-state index is -0.332. The molecule has 0 bridgehead atoms. The van der Waals surface area contributed by atoms with Crippen LogP contribution in [0.15, 0.2) is 60.7 Å². The average molecular weight is 589 g/mol. The van der Waals surface area contributed by atoms with Gasteiger partial charge in [0, 0.05) is 56.6 Å². The number of methoxy groups -OCH3 is 2. The Morgan fingerprint density at radius 2 is 1.77 bits per heavy atom. The molecular formula is C35H45FN4O3. The summed E-state index contributed by atoms with van der Waals surface area (Å²) in [6.45, 7) is 9.43. The summed E-state index contributed by atoms with van der Waals surface area (Å²) in [5.41, 5.74) is 5.40. The van der Waals surface area contributed by atoms with E-state index < -0.39 is 0 Å². The third kappa shape index (κ3) is 6.87. The van der Waals surface area contributed by atoms with Crippen molar-refractivity contribution in [1.29, 1.82) is 0 Å². The Morgan fingerprint density at radius 3 is 2.47 bits per heavy atom. The number of benzene rings is 3. The smallest absolute Gasteiger partial charge is 0.161 e. The number of hydrogen-bond acceptors (Lipinski definition) is 7. The molecule has 1 saturated heterocycles. The van der Waals surface area contributed by atoms with E-state index in [1.165, 1.54) is 17.3 Å². The van der Waals surface area contributed by atoms with E-state index >= 15 is 0 Å². The summed E-state index contributed by atoms with van der Waals surface area (Å²) in [5.74, 6) is 1.18. The molecule has 8 heteroatoms. The Balaban J connectivity index is 1.40. The van der Waals surface area contributed by atoms with Crippen LogP contribution >= 0.6 is 0 Å². The molecule has 1 unspecified atom stereocenters.